The summed E-state index contributed by atoms with van der Waals surface area (Å²) in [4.78, 5) is 15.1. The molecule has 0 atom stereocenters. The molecular formula is C25H24ClF3N2O2. The second kappa shape index (κ2) is 8.78. The van der Waals surface area contributed by atoms with Crippen LogP contribution in [0.2, 0.25) is 5.02 Å². The molecule has 4 rings (SSSR count). The highest BCUT2D eigenvalue weighted by atomic mass is 35.5. The van der Waals surface area contributed by atoms with Gasteiger partial charge < -0.3 is 14.2 Å². The van der Waals surface area contributed by atoms with Gasteiger partial charge in [-0.3, -0.25) is 4.79 Å². The van der Waals surface area contributed by atoms with E-state index in [1.807, 2.05) is 12.1 Å². The molecule has 1 aliphatic carbocycles. The summed E-state index contributed by atoms with van der Waals surface area (Å²) < 4.78 is 48.9. The predicted octanol–water partition coefficient (Wildman–Crippen LogP) is 6.75. The molecular weight excluding hydrogens is 453 g/mol. The van der Waals surface area contributed by atoms with E-state index >= 15 is 0 Å². The third-order valence-corrected chi connectivity index (χ3v) is 6.14. The SMILES string of the molecule is COc1ccc(CN(C)C(=O)c2c(-c3ccc(Cl)cc3)c(C)c(C(F)(F)F)n2C2CC2)cc1. The maximum absolute atomic E-state index is 14.2. The van der Waals surface area contributed by atoms with Crippen LogP contribution in [0.25, 0.3) is 11.1 Å². The summed E-state index contributed by atoms with van der Waals surface area (Å²) in [6.45, 7) is 1.69. The molecule has 8 heteroatoms. The largest absolute Gasteiger partial charge is 0.497 e. The van der Waals surface area contributed by atoms with Crippen LogP contribution in [0.4, 0.5) is 13.2 Å². The summed E-state index contributed by atoms with van der Waals surface area (Å²) in [5.74, 6) is 0.229. The number of alkyl halides is 3. The molecule has 1 aliphatic rings. The van der Waals surface area contributed by atoms with Crippen molar-refractivity contribution in [3.05, 3.63) is 76.1 Å². The van der Waals surface area contributed by atoms with E-state index in [2.05, 4.69) is 0 Å². The highest BCUT2D eigenvalue weighted by molar-refractivity contribution is 6.30. The highest BCUT2D eigenvalue weighted by Crippen LogP contribution is 2.48. The summed E-state index contributed by atoms with van der Waals surface area (Å²) in [5.41, 5.74) is 1.05. The van der Waals surface area contributed by atoms with Gasteiger partial charge in [0, 0.05) is 30.2 Å². The lowest BCUT2D eigenvalue weighted by atomic mass is 10.00. The van der Waals surface area contributed by atoms with E-state index in [0.717, 1.165) is 5.56 Å². The van der Waals surface area contributed by atoms with Gasteiger partial charge in [-0.1, -0.05) is 35.9 Å². The van der Waals surface area contributed by atoms with Gasteiger partial charge in [0.25, 0.3) is 5.91 Å². The number of hydrogen-bond acceptors (Lipinski definition) is 2. The smallest absolute Gasteiger partial charge is 0.431 e. The third-order valence-electron chi connectivity index (χ3n) is 5.89. The number of nitrogens with zero attached hydrogens (tertiary/aromatic N) is 2. The molecule has 1 fully saturated rings. The van der Waals surface area contributed by atoms with E-state index in [0.29, 0.717) is 34.7 Å². The van der Waals surface area contributed by atoms with Gasteiger partial charge in [0.2, 0.25) is 0 Å². The van der Waals surface area contributed by atoms with Crippen LogP contribution >= 0.6 is 11.6 Å². The fourth-order valence-electron chi connectivity index (χ4n) is 4.19. The van der Waals surface area contributed by atoms with Crippen molar-refractivity contribution in [2.75, 3.05) is 14.2 Å². The second-order valence-electron chi connectivity index (χ2n) is 8.31. The first-order valence-electron chi connectivity index (χ1n) is 10.6. The molecule has 2 aromatic carbocycles. The molecule has 0 spiro atoms. The summed E-state index contributed by atoms with van der Waals surface area (Å²) >= 11 is 6.00. The van der Waals surface area contributed by atoms with E-state index in [1.54, 1.807) is 50.6 Å². The first kappa shape index (κ1) is 23.2. The van der Waals surface area contributed by atoms with Crippen molar-refractivity contribution in [2.45, 2.75) is 38.5 Å². The minimum Gasteiger partial charge on any atom is -0.497 e. The van der Waals surface area contributed by atoms with Crippen molar-refractivity contribution in [1.82, 2.24) is 9.47 Å². The molecule has 3 aromatic rings. The van der Waals surface area contributed by atoms with Crippen LogP contribution in [0.3, 0.4) is 0 Å². The van der Waals surface area contributed by atoms with Gasteiger partial charge >= 0.3 is 6.18 Å². The zero-order valence-electron chi connectivity index (χ0n) is 18.5. The van der Waals surface area contributed by atoms with Gasteiger partial charge in [-0.2, -0.15) is 13.2 Å². The van der Waals surface area contributed by atoms with Crippen LogP contribution in [0.5, 0.6) is 5.75 Å². The zero-order chi connectivity index (χ0) is 23.9. The van der Waals surface area contributed by atoms with E-state index in [-0.39, 0.29) is 23.8 Å². The number of rotatable bonds is 6. The Labute approximate surface area is 195 Å². The molecule has 1 saturated carbocycles. The first-order valence-corrected chi connectivity index (χ1v) is 11.0. The molecule has 0 saturated heterocycles. The van der Waals surface area contributed by atoms with Crippen LogP contribution in [0, 0.1) is 6.92 Å². The lowest BCUT2D eigenvalue weighted by molar-refractivity contribution is -0.144. The molecule has 4 nitrogen and oxygen atoms in total. The van der Waals surface area contributed by atoms with Crippen LogP contribution in [0.1, 0.15) is 46.2 Å². The van der Waals surface area contributed by atoms with Crippen molar-refractivity contribution in [2.24, 2.45) is 0 Å². The highest BCUT2D eigenvalue weighted by Gasteiger charge is 2.45. The maximum Gasteiger partial charge on any atom is 0.431 e. The number of hydrogen-bond donors (Lipinski definition) is 0. The summed E-state index contributed by atoms with van der Waals surface area (Å²) in [7, 11) is 3.17. The Balaban J connectivity index is 1.82. The quantitative estimate of drug-likeness (QED) is 0.394. The molecule has 174 valence electrons. The van der Waals surface area contributed by atoms with Crippen molar-refractivity contribution in [3.8, 4) is 16.9 Å². The molecule has 0 bridgehead atoms. The lowest BCUT2D eigenvalue weighted by Gasteiger charge is -2.21. The fourth-order valence-corrected chi connectivity index (χ4v) is 4.32. The predicted molar refractivity (Wildman–Crippen MR) is 122 cm³/mol. The average Bonchev–Trinajstić information content (AvgIpc) is 3.56. The van der Waals surface area contributed by atoms with Crippen molar-refractivity contribution in [1.29, 1.82) is 0 Å². The van der Waals surface area contributed by atoms with Gasteiger partial charge in [-0.15, -0.1) is 0 Å². The Hall–Kier alpha value is -2.93. The monoisotopic (exact) mass is 476 g/mol. The Morgan fingerprint density at radius 1 is 1.12 bits per heavy atom. The topological polar surface area (TPSA) is 34.5 Å². The minimum absolute atomic E-state index is 0.0536. The van der Waals surface area contributed by atoms with Gasteiger partial charge in [0.1, 0.15) is 17.1 Å². The van der Waals surface area contributed by atoms with Crippen LogP contribution in [-0.4, -0.2) is 29.5 Å². The fraction of sp³-hybridized carbons (Fsp3) is 0.320. The number of carbonyl (C=O) groups excluding carboxylic acids is 1. The second-order valence-corrected chi connectivity index (χ2v) is 8.75. The normalized spacial score (nSPS) is 13.8. The number of benzene rings is 2. The number of amides is 1. The molecule has 0 unspecified atom stereocenters. The van der Waals surface area contributed by atoms with E-state index in [1.165, 1.54) is 16.4 Å². The van der Waals surface area contributed by atoms with Crippen molar-refractivity contribution in [3.63, 3.8) is 0 Å². The van der Waals surface area contributed by atoms with Crippen molar-refractivity contribution < 1.29 is 22.7 Å². The van der Waals surface area contributed by atoms with E-state index in [9.17, 15) is 18.0 Å². The Morgan fingerprint density at radius 3 is 2.24 bits per heavy atom. The molecule has 0 N–H and O–H groups in total. The Kier molecular flexibility index (Phi) is 6.18. The summed E-state index contributed by atoms with van der Waals surface area (Å²) in [6.07, 6.45) is -3.36. The number of halogens is 4. The molecule has 0 radical (unpaired) electrons. The van der Waals surface area contributed by atoms with Gasteiger partial charge in [-0.05, 0) is 60.7 Å². The number of methoxy groups -OCH3 is 1. The Bertz CT molecular complexity index is 1160. The third kappa shape index (κ3) is 4.60. The van der Waals surface area contributed by atoms with Gasteiger partial charge in [0.05, 0.1) is 7.11 Å². The first-order chi connectivity index (χ1) is 15.6. The zero-order valence-corrected chi connectivity index (χ0v) is 19.3. The number of aromatic nitrogens is 1. The number of carbonyl (C=O) groups is 1. The minimum atomic E-state index is -4.58. The molecule has 0 aliphatic heterocycles. The van der Waals surface area contributed by atoms with Crippen LogP contribution < -0.4 is 4.74 Å². The lowest BCUT2D eigenvalue weighted by Crippen LogP contribution is -2.29. The molecule has 33 heavy (non-hydrogen) atoms. The van der Waals surface area contributed by atoms with Gasteiger partial charge in [0.15, 0.2) is 0 Å². The maximum atomic E-state index is 14.2. The van der Waals surface area contributed by atoms with E-state index in [4.69, 9.17) is 16.3 Å². The molecule has 1 aromatic heterocycles. The molecule has 1 heterocycles. The van der Waals surface area contributed by atoms with Gasteiger partial charge in [-0.25, -0.2) is 0 Å². The van der Waals surface area contributed by atoms with Crippen molar-refractivity contribution >= 4 is 17.5 Å². The standard InChI is InChI=1S/C25H24ClF3N2O2/c1-15-21(17-6-8-18(26)9-7-17)22(31(19-10-11-19)23(15)25(27,28)29)24(32)30(2)14-16-4-12-20(33-3)13-5-16/h4-9,12-13,19H,10-11,14H2,1-3H3. The van der Waals surface area contributed by atoms with E-state index < -0.39 is 17.8 Å². The molecule has 1 amide bonds. The van der Waals surface area contributed by atoms with Crippen LogP contribution in [0.15, 0.2) is 48.5 Å². The summed E-state index contributed by atoms with van der Waals surface area (Å²) in [5, 5.41) is 0.471. The number of ether oxygens (including phenoxy) is 1. The van der Waals surface area contributed by atoms with Crippen LogP contribution in [-0.2, 0) is 12.7 Å². The summed E-state index contributed by atoms with van der Waals surface area (Å²) in [6, 6.07) is 13.4. The average molecular weight is 477 g/mol. The Morgan fingerprint density at radius 2 is 1.73 bits per heavy atom.